The minimum absolute atomic E-state index is 0.0221. The molecule has 1 aliphatic rings. The molecule has 2 nitrogen and oxygen atoms in total. The van der Waals surface area contributed by atoms with Crippen molar-refractivity contribution in [3.63, 3.8) is 0 Å². The highest BCUT2D eigenvalue weighted by molar-refractivity contribution is 5.87. The normalized spacial score (nSPS) is 21.7. The van der Waals surface area contributed by atoms with Crippen molar-refractivity contribution in [2.45, 2.75) is 27.2 Å². The molecule has 2 heteroatoms. The largest absolute Gasteiger partial charge is 0.497 e. The monoisotopic (exact) mass is 194 g/mol. The molecule has 0 saturated heterocycles. The number of methoxy groups -OCH3 is 1. The van der Waals surface area contributed by atoms with Crippen LogP contribution in [-0.4, -0.2) is 12.9 Å². The lowest BCUT2D eigenvalue weighted by Crippen LogP contribution is -2.27. The van der Waals surface area contributed by atoms with Crippen LogP contribution in [0.1, 0.15) is 27.2 Å². The molecule has 0 fully saturated rings. The summed E-state index contributed by atoms with van der Waals surface area (Å²) in [6.45, 7) is 5.87. The van der Waals surface area contributed by atoms with E-state index in [0.29, 0.717) is 5.78 Å². The van der Waals surface area contributed by atoms with Crippen LogP contribution in [0, 0.1) is 11.3 Å². The Kier molecular flexibility index (Phi) is 3.14. The number of allylic oxidation sites excluding steroid dienone is 3. The van der Waals surface area contributed by atoms with Gasteiger partial charge in [0.25, 0.3) is 0 Å². The van der Waals surface area contributed by atoms with Crippen LogP contribution in [0.2, 0.25) is 0 Å². The fourth-order valence-electron chi connectivity index (χ4n) is 1.50. The Balaban J connectivity index is 2.65. The Morgan fingerprint density at radius 3 is 2.50 bits per heavy atom. The molecule has 1 aliphatic carbocycles. The Bertz CT molecular complexity index is 279. The van der Waals surface area contributed by atoms with Gasteiger partial charge in [0.15, 0.2) is 0 Å². The van der Waals surface area contributed by atoms with Crippen LogP contribution >= 0.6 is 0 Å². The van der Waals surface area contributed by atoms with Gasteiger partial charge in [-0.15, -0.1) is 0 Å². The van der Waals surface area contributed by atoms with Crippen LogP contribution in [0.3, 0.4) is 0 Å². The lowest BCUT2D eigenvalue weighted by atomic mass is 9.80. The summed E-state index contributed by atoms with van der Waals surface area (Å²) in [5, 5.41) is 0. The van der Waals surface area contributed by atoms with E-state index in [1.165, 1.54) is 0 Å². The van der Waals surface area contributed by atoms with E-state index in [-0.39, 0.29) is 11.3 Å². The van der Waals surface area contributed by atoms with E-state index in [0.717, 1.165) is 12.2 Å². The van der Waals surface area contributed by atoms with Gasteiger partial charge >= 0.3 is 0 Å². The van der Waals surface area contributed by atoms with Crippen LogP contribution in [0.5, 0.6) is 0 Å². The second-order valence-corrected chi connectivity index (χ2v) is 4.63. The highest BCUT2D eigenvalue weighted by Crippen LogP contribution is 2.26. The zero-order valence-electron chi connectivity index (χ0n) is 9.33. The molecular weight excluding hydrogens is 176 g/mol. The number of carbonyl (C=O) groups is 1. The molecule has 1 rings (SSSR count). The summed E-state index contributed by atoms with van der Waals surface area (Å²) in [5.74, 6) is 1.16. The van der Waals surface area contributed by atoms with Gasteiger partial charge in [-0.2, -0.15) is 0 Å². The van der Waals surface area contributed by atoms with Gasteiger partial charge in [-0.3, -0.25) is 4.79 Å². The molecule has 0 aliphatic heterocycles. The van der Waals surface area contributed by atoms with Gasteiger partial charge in [-0.25, -0.2) is 0 Å². The van der Waals surface area contributed by atoms with Crippen molar-refractivity contribution in [2.75, 3.05) is 7.11 Å². The quantitative estimate of drug-likeness (QED) is 0.675. The summed E-state index contributed by atoms with van der Waals surface area (Å²) in [7, 11) is 1.64. The van der Waals surface area contributed by atoms with E-state index in [1.807, 2.05) is 39.0 Å². The Morgan fingerprint density at radius 2 is 2.14 bits per heavy atom. The molecule has 1 atom stereocenters. The first-order chi connectivity index (χ1) is 6.45. The minimum Gasteiger partial charge on any atom is -0.497 e. The van der Waals surface area contributed by atoms with E-state index >= 15 is 0 Å². The first kappa shape index (κ1) is 11.0. The molecule has 0 aromatic carbocycles. The SMILES string of the molecule is COC1=CCC(C(=O)C(C)(C)C)C=C1. The number of hydrogen-bond donors (Lipinski definition) is 0. The zero-order valence-corrected chi connectivity index (χ0v) is 9.33. The first-order valence-electron chi connectivity index (χ1n) is 4.92. The number of hydrogen-bond acceptors (Lipinski definition) is 2. The number of ether oxygens (including phenoxy) is 1. The molecule has 0 N–H and O–H groups in total. The molecular formula is C12H18O2. The molecule has 0 spiro atoms. The first-order valence-corrected chi connectivity index (χ1v) is 4.92. The molecule has 0 aromatic heterocycles. The number of Topliss-reactive ketones (excluding diaryl/α,β-unsaturated/α-hetero) is 1. The maximum atomic E-state index is 11.9. The van der Waals surface area contributed by atoms with Gasteiger partial charge in [-0.05, 0) is 18.6 Å². The predicted octanol–water partition coefficient (Wildman–Crippen LogP) is 2.71. The average molecular weight is 194 g/mol. The molecule has 0 heterocycles. The second-order valence-electron chi connectivity index (χ2n) is 4.63. The van der Waals surface area contributed by atoms with E-state index in [1.54, 1.807) is 7.11 Å². The fourth-order valence-corrected chi connectivity index (χ4v) is 1.50. The average Bonchev–Trinajstić information content (AvgIpc) is 2.15. The molecule has 0 saturated carbocycles. The van der Waals surface area contributed by atoms with Crippen molar-refractivity contribution >= 4 is 5.78 Å². The summed E-state index contributed by atoms with van der Waals surface area (Å²) in [5.41, 5.74) is -0.257. The molecule has 0 amide bonds. The van der Waals surface area contributed by atoms with Crippen LogP contribution in [-0.2, 0) is 9.53 Å². The zero-order chi connectivity index (χ0) is 10.8. The van der Waals surface area contributed by atoms with Gasteiger partial charge in [0.1, 0.15) is 11.5 Å². The Labute approximate surface area is 85.6 Å². The maximum absolute atomic E-state index is 11.9. The summed E-state index contributed by atoms with van der Waals surface area (Å²) >= 11 is 0. The van der Waals surface area contributed by atoms with Gasteiger partial charge in [-0.1, -0.05) is 26.8 Å². The molecule has 0 bridgehead atoms. The third-order valence-corrected chi connectivity index (χ3v) is 2.38. The van der Waals surface area contributed by atoms with E-state index in [9.17, 15) is 4.79 Å². The predicted molar refractivity (Wildman–Crippen MR) is 56.8 cm³/mol. The van der Waals surface area contributed by atoms with Crippen molar-refractivity contribution in [1.82, 2.24) is 0 Å². The Hall–Kier alpha value is -1.05. The van der Waals surface area contributed by atoms with Crippen LogP contribution in [0.25, 0.3) is 0 Å². The van der Waals surface area contributed by atoms with Crippen molar-refractivity contribution < 1.29 is 9.53 Å². The third-order valence-electron chi connectivity index (χ3n) is 2.38. The lowest BCUT2D eigenvalue weighted by molar-refractivity contribution is -0.128. The van der Waals surface area contributed by atoms with Gasteiger partial charge in [0, 0.05) is 11.3 Å². The molecule has 0 radical (unpaired) electrons. The van der Waals surface area contributed by atoms with Crippen LogP contribution in [0.15, 0.2) is 24.0 Å². The summed E-state index contributed by atoms with van der Waals surface area (Å²) in [6.07, 6.45) is 6.54. The number of ketones is 1. The highest BCUT2D eigenvalue weighted by Gasteiger charge is 2.28. The van der Waals surface area contributed by atoms with Gasteiger partial charge in [0.05, 0.1) is 7.11 Å². The smallest absolute Gasteiger partial charge is 0.145 e. The van der Waals surface area contributed by atoms with Gasteiger partial charge < -0.3 is 4.74 Å². The van der Waals surface area contributed by atoms with E-state index in [2.05, 4.69) is 0 Å². The topological polar surface area (TPSA) is 26.3 Å². The molecule has 78 valence electrons. The summed E-state index contributed by atoms with van der Waals surface area (Å²) in [4.78, 5) is 11.9. The number of carbonyl (C=O) groups excluding carboxylic acids is 1. The van der Waals surface area contributed by atoms with E-state index < -0.39 is 0 Å². The van der Waals surface area contributed by atoms with Crippen LogP contribution in [0.4, 0.5) is 0 Å². The van der Waals surface area contributed by atoms with Crippen molar-refractivity contribution in [3.8, 4) is 0 Å². The van der Waals surface area contributed by atoms with E-state index in [4.69, 9.17) is 4.74 Å². The standard InChI is InChI=1S/C12H18O2/c1-12(2,3)11(13)9-5-7-10(14-4)8-6-9/h5,7-9H,6H2,1-4H3. The van der Waals surface area contributed by atoms with Crippen molar-refractivity contribution in [2.24, 2.45) is 11.3 Å². The summed E-state index contributed by atoms with van der Waals surface area (Å²) < 4.78 is 5.07. The minimum atomic E-state index is -0.257. The fraction of sp³-hybridized carbons (Fsp3) is 0.583. The van der Waals surface area contributed by atoms with Crippen LogP contribution < -0.4 is 0 Å². The molecule has 0 aromatic rings. The third kappa shape index (κ3) is 2.47. The molecule has 14 heavy (non-hydrogen) atoms. The van der Waals surface area contributed by atoms with Gasteiger partial charge in [0.2, 0.25) is 0 Å². The Morgan fingerprint density at radius 1 is 1.50 bits per heavy atom. The highest BCUT2D eigenvalue weighted by atomic mass is 16.5. The lowest BCUT2D eigenvalue weighted by Gasteiger charge is -2.23. The maximum Gasteiger partial charge on any atom is 0.145 e. The summed E-state index contributed by atoms with van der Waals surface area (Å²) in [6, 6.07) is 0. The molecule has 1 unspecified atom stereocenters. The second kappa shape index (κ2) is 3.99. The van der Waals surface area contributed by atoms with Crippen molar-refractivity contribution in [3.05, 3.63) is 24.0 Å². The van der Waals surface area contributed by atoms with Crippen molar-refractivity contribution in [1.29, 1.82) is 0 Å². The number of rotatable bonds is 2.